The average Bonchev–Trinajstić information content (AvgIpc) is 3.01. The SMILES string of the molecule is O=C(NCc1ccccc1)c1cn([C@H]2CC(O)[C@@H](CO)O2)c(=O)[nH]c1=O. The third kappa shape index (κ3) is 3.74. The number of aromatic amines is 1. The van der Waals surface area contributed by atoms with Crippen LogP contribution in [0, 0.1) is 0 Å². The smallest absolute Gasteiger partial charge is 0.330 e. The molecule has 2 heterocycles. The van der Waals surface area contributed by atoms with Gasteiger partial charge in [0.1, 0.15) is 17.9 Å². The molecule has 0 spiro atoms. The minimum Gasteiger partial charge on any atom is -0.394 e. The molecule has 1 fully saturated rings. The second kappa shape index (κ2) is 7.65. The zero-order chi connectivity index (χ0) is 18.7. The Labute approximate surface area is 147 Å². The van der Waals surface area contributed by atoms with Gasteiger partial charge in [-0.25, -0.2) is 4.79 Å². The fourth-order valence-electron chi connectivity index (χ4n) is 2.78. The number of ether oxygens (including phenoxy) is 1. The highest BCUT2D eigenvalue weighted by Gasteiger charge is 2.35. The molecule has 138 valence electrons. The molecule has 0 radical (unpaired) electrons. The van der Waals surface area contributed by atoms with E-state index in [4.69, 9.17) is 9.84 Å². The number of rotatable bonds is 5. The summed E-state index contributed by atoms with van der Waals surface area (Å²) in [6.07, 6.45) is -1.48. The summed E-state index contributed by atoms with van der Waals surface area (Å²) in [5.74, 6) is -0.638. The molecule has 1 aliphatic heterocycles. The summed E-state index contributed by atoms with van der Waals surface area (Å²) in [5.41, 5.74) is -0.954. The molecular weight excluding hydrogens is 342 g/mol. The topological polar surface area (TPSA) is 134 Å². The normalized spacial score (nSPS) is 22.3. The van der Waals surface area contributed by atoms with Gasteiger partial charge in [0, 0.05) is 19.2 Å². The van der Waals surface area contributed by atoms with Gasteiger partial charge in [0.15, 0.2) is 0 Å². The van der Waals surface area contributed by atoms with Crippen LogP contribution >= 0.6 is 0 Å². The lowest BCUT2D eigenvalue weighted by Gasteiger charge is -2.15. The lowest BCUT2D eigenvalue weighted by atomic mass is 10.2. The van der Waals surface area contributed by atoms with E-state index in [0.29, 0.717) is 0 Å². The van der Waals surface area contributed by atoms with Gasteiger partial charge >= 0.3 is 5.69 Å². The van der Waals surface area contributed by atoms with E-state index in [1.54, 1.807) is 0 Å². The van der Waals surface area contributed by atoms with E-state index >= 15 is 0 Å². The van der Waals surface area contributed by atoms with Crippen molar-refractivity contribution in [1.29, 1.82) is 0 Å². The van der Waals surface area contributed by atoms with Crippen LogP contribution in [0.4, 0.5) is 0 Å². The molecule has 1 aromatic heterocycles. The van der Waals surface area contributed by atoms with Crippen molar-refractivity contribution in [3.05, 3.63) is 68.5 Å². The minimum atomic E-state index is -0.945. The van der Waals surface area contributed by atoms with Crippen molar-refractivity contribution in [3.63, 3.8) is 0 Å². The third-order valence-electron chi connectivity index (χ3n) is 4.20. The van der Waals surface area contributed by atoms with Crippen LogP contribution in [0.5, 0.6) is 0 Å². The van der Waals surface area contributed by atoms with Crippen molar-refractivity contribution in [2.24, 2.45) is 0 Å². The molecule has 1 unspecified atom stereocenters. The van der Waals surface area contributed by atoms with E-state index < -0.39 is 42.2 Å². The highest BCUT2D eigenvalue weighted by Crippen LogP contribution is 2.27. The number of hydrogen-bond acceptors (Lipinski definition) is 6. The number of benzene rings is 1. The number of carbonyl (C=O) groups is 1. The van der Waals surface area contributed by atoms with Gasteiger partial charge in [0.2, 0.25) is 0 Å². The Morgan fingerprint density at radius 2 is 2.04 bits per heavy atom. The van der Waals surface area contributed by atoms with Crippen LogP contribution < -0.4 is 16.6 Å². The third-order valence-corrected chi connectivity index (χ3v) is 4.20. The number of amides is 1. The van der Waals surface area contributed by atoms with Crippen LogP contribution in [-0.2, 0) is 11.3 Å². The first kappa shape index (κ1) is 18.1. The zero-order valence-corrected chi connectivity index (χ0v) is 13.8. The average molecular weight is 361 g/mol. The number of carbonyl (C=O) groups excluding carboxylic acids is 1. The first-order valence-electron chi connectivity index (χ1n) is 8.11. The first-order chi connectivity index (χ1) is 12.5. The quantitative estimate of drug-likeness (QED) is 0.546. The van der Waals surface area contributed by atoms with Gasteiger partial charge in [0.25, 0.3) is 11.5 Å². The summed E-state index contributed by atoms with van der Waals surface area (Å²) < 4.78 is 6.44. The summed E-state index contributed by atoms with van der Waals surface area (Å²) in [6, 6.07) is 9.16. The fraction of sp³-hybridized carbons (Fsp3) is 0.353. The maximum atomic E-state index is 12.3. The van der Waals surface area contributed by atoms with Crippen LogP contribution in [0.3, 0.4) is 0 Å². The fourth-order valence-corrected chi connectivity index (χ4v) is 2.78. The Bertz CT molecular complexity index is 891. The van der Waals surface area contributed by atoms with Gasteiger partial charge in [0.05, 0.1) is 12.7 Å². The van der Waals surface area contributed by atoms with Gasteiger partial charge in [-0.2, -0.15) is 0 Å². The molecule has 9 nitrogen and oxygen atoms in total. The van der Waals surface area contributed by atoms with Crippen LogP contribution in [-0.4, -0.2) is 44.5 Å². The first-order valence-corrected chi connectivity index (χ1v) is 8.11. The minimum absolute atomic E-state index is 0.0578. The molecule has 1 aliphatic rings. The van der Waals surface area contributed by atoms with Crippen LogP contribution in [0.25, 0.3) is 0 Å². The molecule has 1 amide bonds. The number of hydrogen-bond donors (Lipinski definition) is 4. The second-order valence-corrected chi connectivity index (χ2v) is 5.99. The predicted octanol–water partition coefficient (Wildman–Crippen LogP) is -0.893. The van der Waals surface area contributed by atoms with E-state index in [1.165, 1.54) is 0 Å². The van der Waals surface area contributed by atoms with Crippen LogP contribution in [0.2, 0.25) is 0 Å². The molecule has 0 saturated carbocycles. The Balaban J connectivity index is 1.81. The Kier molecular flexibility index (Phi) is 5.31. The van der Waals surface area contributed by atoms with Crippen LogP contribution in [0.15, 0.2) is 46.1 Å². The molecule has 0 bridgehead atoms. The van der Waals surface area contributed by atoms with Crippen molar-refractivity contribution in [2.45, 2.75) is 31.4 Å². The summed E-state index contributed by atoms with van der Waals surface area (Å²) in [6.45, 7) is -0.177. The van der Waals surface area contributed by atoms with Crippen LogP contribution in [0.1, 0.15) is 28.6 Å². The highest BCUT2D eigenvalue weighted by molar-refractivity contribution is 5.93. The molecule has 3 rings (SSSR count). The number of aliphatic hydroxyl groups is 2. The largest absolute Gasteiger partial charge is 0.394 e. The summed E-state index contributed by atoms with van der Waals surface area (Å²) in [4.78, 5) is 38.4. The molecule has 1 saturated heterocycles. The molecule has 1 aromatic carbocycles. The van der Waals surface area contributed by atoms with Gasteiger partial charge in [-0.15, -0.1) is 0 Å². The number of aromatic nitrogens is 2. The van der Waals surface area contributed by atoms with Gasteiger partial charge in [-0.3, -0.25) is 19.1 Å². The van der Waals surface area contributed by atoms with Crippen molar-refractivity contribution in [3.8, 4) is 0 Å². The van der Waals surface area contributed by atoms with Gasteiger partial charge < -0.3 is 20.3 Å². The summed E-state index contributed by atoms with van der Waals surface area (Å²) >= 11 is 0. The molecule has 9 heteroatoms. The van der Waals surface area contributed by atoms with Gasteiger partial charge in [-0.05, 0) is 5.56 Å². The lowest BCUT2D eigenvalue weighted by Crippen LogP contribution is -2.38. The monoisotopic (exact) mass is 361 g/mol. The summed E-state index contributed by atoms with van der Waals surface area (Å²) in [7, 11) is 0. The van der Waals surface area contributed by atoms with E-state index in [1.807, 2.05) is 30.3 Å². The number of aliphatic hydroxyl groups excluding tert-OH is 2. The number of nitrogens with one attached hydrogen (secondary N) is 2. The molecule has 3 atom stereocenters. The predicted molar refractivity (Wildman–Crippen MR) is 90.6 cm³/mol. The molecule has 2 aromatic rings. The molecule has 4 N–H and O–H groups in total. The molecular formula is C17H19N3O6. The standard InChI is InChI=1S/C17H19N3O6/c21-9-13-12(22)6-14(26-13)20-8-11(16(24)19-17(20)25)15(23)18-7-10-4-2-1-3-5-10/h1-5,8,12-14,21-22H,6-7,9H2,(H,18,23)(H,19,24,25)/t12?,13-,14-/m1/s1. The Morgan fingerprint density at radius 1 is 1.31 bits per heavy atom. The van der Waals surface area contributed by atoms with Crippen molar-refractivity contribution >= 4 is 5.91 Å². The van der Waals surface area contributed by atoms with E-state index in [-0.39, 0.29) is 18.5 Å². The highest BCUT2D eigenvalue weighted by atomic mass is 16.5. The summed E-state index contributed by atoms with van der Waals surface area (Å²) in [5, 5.41) is 21.6. The second-order valence-electron chi connectivity index (χ2n) is 5.99. The van der Waals surface area contributed by atoms with E-state index in [2.05, 4.69) is 10.3 Å². The number of H-pyrrole nitrogens is 1. The van der Waals surface area contributed by atoms with Gasteiger partial charge in [-0.1, -0.05) is 30.3 Å². The number of nitrogens with zero attached hydrogens (tertiary/aromatic N) is 1. The van der Waals surface area contributed by atoms with Crippen molar-refractivity contribution in [2.75, 3.05) is 6.61 Å². The Morgan fingerprint density at radius 3 is 2.69 bits per heavy atom. The van der Waals surface area contributed by atoms with Crippen molar-refractivity contribution in [1.82, 2.24) is 14.9 Å². The lowest BCUT2D eigenvalue weighted by molar-refractivity contribution is -0.0459. The maximum Gasteiger partial charge on any atom is 0.330 e. The maximum absolute atomic E-state index is 12.3. The Hall–Kier alpha value is -2.75. The van der Waals surface area contributed by atoms with E-state index in [9.17, 15) is 19.5 Å². The molecule has 26 heavy (non-hydrogen) atoms. The van der Waals surface area contributed by atoms with Crippen molar-refractivity contribution < 1.29 is 19.7 Å². The zero-order valence-electron chi connectivity index (χ0n) is 13.8. The van der Waals surface area contributed by atoms with E-state index in [0.717, 1.165) is 16.3 Å². The molecule has 0 aliphatic carbocycles.